The molecule has 0 radical (unpaired) electrons. The summed E-state index contributed by atoms with van der Waals surface area (Å²) in [6, 6.07) is 13.3. The summed E-state index contributed by atoms with van der Waals surface area (Å²) in [5, 5.41) is 2.93. The number of rotatable bonds is 3. The number of nitrogens with one attached hydrogen (secondary N) is 1. The van der Waals surface area contributed by atoms with E-state index in [4.69, 9.17) is 14.2 Å². The molecule has 1 fully saturated rings. The van der Waals surface area contributed by atoms with Crippen molar-refractivity contribution in [1.29, 1.82) is 0 Å². The Labute approximate surface area is 146 Å². The van der Waals surface area contributed by atoms with Gasteiger partial charge in [-0.3, -0.25) is 0 Å². The van der Waals surface area contributed by atoms with Crippen molar-refractivity contribution in [1.82, 2.24) is 4.90 Å². The van der Waals surface area contributed by atoms with Crippen LogP contribution in [0.3, 0.4) is 0 Å². The Bertz CT molecular complexity index is 793. The van der Waals surface area contributed by atoms with Crippen LogP contribution in [0.15, 0.2) is 42.5 Å². The predicted molar refractivity (Wildman–Crippen MR) is 93.5 cm³/mol. The lowest BCUT2D eigenvalue weighted by molar-refractivity contribution is 0.174. The Balaban J connectivity index is 1.42. The molecule has 0 bridgehead atoms. The predicted octanol–water partition coefficient (Wildman–Crippen LogP) is 3.45. The van der Waals surface area contributed by atoms with Crippen LogP contribution in [0.5, 0.6) is 17.2 Å². The minimum Gasteiger partial charge on any atom is -0.495 e. The van der Waals surface area contributed by atoms with E-state index in [0.717, 1.165) is 24.5 Å². The first kappa shape index (κ1) is 15.6. The van der Waals surface area contributed by atoms with Crippen LogP contribution >= 0.6 is 0 Å². The molecule has 1 saturated heterocycles. The zero-order valence-corrected chi connectivity index (χ0v) is 14.0. The fraction of sp³-hybridized carbons (Fsp3) is 0.316. The fourth-order valence-corrected chi connectivity index (χ4v) is 3.33. The molecule has 1 N–H and O–H groups in total. The molecule has 0 unspecified atom stereocenters. The van der Waals surface area contributed by atoms with Gasteiger partial charge in [0.1, 0.15) is 5.75 Å². The number of likely N-dealkylation sites (tertiary alicyclic amines) is 1. The number of ether oxygens (including phenoxy) is 3. The molecule has 2 heterocycles. The van der Waals surface area contributed by atoms with E-state index in [-0.39, 0.29) is 12.8 Å². The van der Waals surface area contributed by atoms with Crippen molar-refractivity contribution in [3.63, 3.8) is 0 Å². The minimum atomic E-state index is -0.104. The van der Waals surface area contributed by atoms with Crippen LogP contribution in [0.25, 0.3) is 0 Å². The van der Waals surface area contributed by atoms with Crippen LogP contribution in [0.4, 0.5) is 10.5 Å². The number of hydrogen-bond donors (Lipinski definition) is 1. The molecule has 0 spiro atoms. The highest BCUT2D eigenvalue weighted by molar-refractivity contribution is 5.91. The second-order valence-corrected chi connectivity index (χ2v) is 6.17. The number of urea groups is 1. The molecular formula is C19H20N2O4. The Morgan fingerprint density at radius 2 is 2.04 bits per heavy atom. The van der Waals surface area contributed by atoms with Crippen LogP contribution in [0, 0.1) is 0 Å². The lowest BCUT2D eigenvalue weighted by atomic mass is 9.98. The minimum absolute atomic E-state index is 0.104. The number of amides is 2. The van der Waals surface area contributed by atoms with Gasteiger partial charge in [-0.05, 0) is 36.2 Å². The largest absolute Gasteiger partial charge is 0.495 e. The standard InChI is InChI=1S/C19H20N2O4/c1-23-16-5-3-2-4-15(16)20-19(22)21-9-8-14(11-21)13-6-7-17-18(10-13)25-12-24-17/h2-7,10,14H,8-9,11-12H2,1H3,(H,20,22)/t14-/m0/s1. The number of carbonyl (C=O) groups is 1. The van der Waals surface area contributed by atoms with Crippen molar-refractivity contribution in [3.05, 3.63) is 48.0 Å². The molecular weight excluding hydrogens is 320 g/mol. The van der Waals surface area contributed by atoms with E-state index >= 15 is 0 Å². The van der Waals surface area contributed by atoms with Gasteiger partial charge in [-0.1, -0.05) is 18.2 Å². The molecule has 2 aromatic carbocycles. The summed E-state index contributed by atoms with van der Waals surface area (Å²) in [7, 11) is 1.59. The molecule has 2 amide bonds. The van der Waals surface area contributed by atoms with E-state index in [1.165, 1.54) is 5.56 Å². The first-order valence-corrected chi connectivity index (χ1v) is 8.33. The number of fused-ring (bicyclic) bond motifs is 1. The van der Waals surface area contributed by atoms with Crippen LogP contribution in [0.2, 0.25) is 0 Å². The number of nitrogens with zero attached hydrogens (tertiary/aromatic N) is 1. The molecule has 25 heavy (non-hydrogen) atoms. The zero-order chi connectivity index (χ0) is 17.2. The third-order valence-corrected chi connectivity index (χ3v) is 4.69. The van der Waals surface area contributed by atoms with E-state index < -0.39 is 0 Å². The molecule has 0 saturated carbocycles. The van der Waals surface area contributed by atoms with Crippen LogP contribution in [0.1, 0.15) is 17.9 Å². The first-order chi connectivity index (χ1) is 12.2. The smallest absolute Gasteiger partial charge is 0.321 e. The molecule has 6 heteroatoms. The van der Waals surface area contributed by atoms with Crippen molar-refractivity contribution in [3.8, 4) is 17.2 Å². The number of benzene rings is 2. The normalized spacial score (nSPS) is 18.3. The van der Waals surface area contributed by atoms with Crippen molar-refractivity contribution >= 4 is 11.7 Å². The number of carbonyl (C=O) groups excluding carboxylic acids is 1. The number of methoxy groups -OCH3 is 1. The maximum Gasteiger partial charge on any atom is 0.321 e. The van der Waals surface area contributed by atoms with Gasteiger partial charge < -0.3 is 24.4 Å². The topological polar surface area (TPSA) is 60.0 Å². The van der Waals surface area contributed by atoms with Crippen molar-refractivity contribution in [2.24, 2.45) is 0 Å². The van der Waals surface area contributed by atoms with E-state index in [1.807, 2.05) is 41.3 Å². The summed E-state index contributed by atoms with van der Waals surface area (Å²) >= 11 is 0. The Kier molecular flexibility index (Phi) is 4.09. The SMILES string of the molecule is COc1ccccc1NC(=O)N1CC[C@H](c2ccc3c(c2)OCO3)C1. The summed E-state index contributed by atoms with van der Waals surface area (Å²) in [4.78, 5) is 14.4. The average molecular weight is 340 g/mol. The molecule has 2 aliphatic rings. The third-order valence-electron chi connectivity index (χ3n) is 4.69. The van der Waals surface area contributed by atoms with Gasteiger partial charge in [-0.25, -0.2) is 4.79 Å². The molecule has 0 aliphatic carbocycles. The molecule has 130 valence electrons. The monoisotopic (exact) mass is 340 g/mol. The second kappa shape index (κ2) is 6.55. The van der Waals surface area contributed by atoms with E-state index in [2.05, 4.69) is 11.4 Å². The maximum atomic E-state index is 12.6. The van der Waals surface area contributed by atoms with E-state index in [0.29, 0.717) is 23.9 Å². The summed E-state index contributed by atoms with van der Waals surface area (Å²) in [5.41, 5.74) is 1.86. The third kappa shape index (κ3) is 3.07. The quantitative estimate of drug-likeness (QED) is 0.930. The summed E-state index contributed by atoms with van der Waals surface area (Å²) < 4.78 is 16.1. The Morgan fingerprint density at radius 3 is 2.92 bits per heavy atom. The van der Waals surface area contributed by atoms with Gasteiger partial charge >= 0.3 is 6.03 Å². The van der Waals surface area contributed by atoms with Gasteiger partial charge in [0.25, 0.3) is 0 Å². The molecule has 6 nitrogen and oxygen atoms in total. The molecule has 1 atom stereocenters. The van der Waals surface area contributed by atoms with Crippen LogP contribution in [-0.2, 0) is 0 Å². The van der Waals surface area contributed by atoms with Crippen LogP contribution in [-0.4, -0.2) is 37.9 Å². The van der Waals surface area contributed by atoms with Crippen molar-refractivity contribution in [2.45, 2.75) is 12.3 Å². The van der Waals surface area contributed by atoms with E-state index in [1.54, 1.807) is 7.11 Å². The molecule has 2 aliphatic heterocycles. The fourth-order valence-electron chi connectivity index (χ4n) is 3.33. The van der Waals surface area contributed by atoms with E-state index in [9.17, 15) is 4.79 Å². The number of para-hydroxylation sites is 2. The molecule has 2 aromatic rings. The van der Waals surface area contributed by atoms with Gasteiger partial charge in [0.05, 0.1) is 12.8 Å². The second-order valence-electron chi connectivity index (χ2n) is 6.17. The highest BCUT2D eigenvalue weighted by Crippen LogP contribution is 2.37. The van der Waals surface area contributed by atoms with Gasteiger partial charge in [0.2, 0.25) is 6.79 Å². The summed E-state index contributed by atoms with van der Waals surface area (Å²) in [6.45, 7) is 1.68. The summed E-state index contributed by atoms with van der Waals surface area (Å²) in [6.07, 6.45) is 0.930. The molecule has 4 rings (SSSR count). The number of anilines is 1. The van der Waals surface area contributed by atoms with Crippen LogP contribution < -0.4 is 19.5 Å². The Morgan fingerprint density at radius 1 is 1.20 bits per heavy atom. The first-order valence-electron chi connectivity index (χ1n) is 8.33. The average Bonchev–Trinajstić information content (AvgIpc) is 3.30. The van der Waals surface area contributed by atoms with Gasteiger partial charge in [0.15, 0.2) is 11.5 Å². The van der Waals surface area contributed by atoms with Gasteiger partial charge in [0, 0.05) is 19.0 Å². The maximum absolute atomic E-state index is 12.6. The van der Waals surface area contributed by atoms with Gasteiger partial charge in [-0.2, -0.15) is 0 Å². The lowest BCUT2D eigenvalue weighted by Crippen LogP contribution is -2.32. The zero-order valence-electron chi connectivity index (χ0n) is 14.0. The van der Waals surface area contributed by atoms with Crippen molar-refractivity contribution in [2.75, 3.05) is 32.3 Å². The molecule has 0 aromatic heterocycles. The van der Waals surface area contributed by atoms with Crippen molar-refractivity contribution < 1.29 is 19.0 Å². The highest BCUT2D eigenvalue weighted by atomic mass is 16.7. The lowest BCUT2D eigenvalue weighted by Gasteiger charge is -2.18. The summed E-state index contributed by atoms with van der Waals surface area (Å²) in [5.74, 6) is 2.53. The Hall–Kier alpha value is -2.89. The highest BCUT2D eigenvalue weighted by Gasteiger charge is 2.29. The number of hydrogen-bond acceptors (Lipinski definition) is 4. The van der Waals surface area contributed by atoms with Gasteiger partial charge in [-0.15, -0.1) is 0 Å².